The van der Waals surface area contributed by atoms with Crippen LogP contribution >= 0.6 is 0 Å². The van der Waals surface area contributed by atoms with Gasteiger partial charge in [0.05, 0.1) is 12.8 Å². The van der Waals surface area contributed by atoms with E-state index in [1.165, 1.54) is 13.4 Å². The van der Waals surface area contributed by atoms with E-state index in [1.54, 1.807) is 16.6 Å². The Morgan fingerprint density at radius 2 is 1.81 bits per heavy atom. The summed E-state index contributed by atoms with van der Waals surface area (Å²) in [6, 6.07) is 17.3. The van der Waals surface area contributed by atoms with Crippen molar-refractivity contribution in [2.24, 2.45) is 0 Å². The zero-order valence-electron chi connectivity index (χ0n) is 17.3. The summed E-state index contributed by atoms with van der Waals surface area (Å²) >= 11 is 0. The van der Waals surface area contributed by atoms with Crippen LogP contribution in [0.4, 0.5) is 10.2 Å². The minimum Gasteiger partial charge on any atom is -0.494 e. The van der Waals surface area contributed by atoms with E-state index >= 15 is 0 Å². The number of hydrogen-bond acceptors (Lipinski definition) is 6. The van der Waals surface area contributed by atoms with Gasteiger partial charge in [0.2, 0.25) is 0 Å². The molecule has 0 saturated carbocycles. The average Bonchev–Trinajstić information content (AvgIpc) is 3.29. The van der Waals surface area contributed by atoms with E-state index in [2.05, 4.69) is 30.9 Å². The SMILES string of the molecule is COc1ccc(CN2CCN(c3cc(-c4ccccc4)nc4ncnn34)CC2)cc1F. The summed E-state index contributed by atoms with van der Waals surface area (Å²) in [6.07, 6.45) is 1.54. The van der Waals surface area contributed by atoms with Gasteiger partial charge in [0.15, 0.2) is 11.6 Å². The van der Waals surface area contributed by atoms with Gasteiger partial charge in [-0.3, -0.25) is 4.90 Å². The van der Waals surface area contributed by atoms with Gasteiger partial charge in [-0.15, -0.1) is 0 Å². The Morgan fingerprint density at radius 3 is 2.55 bits per heavy atom. The van der Waals surface area contributed by atoms with Crippen molar-refractivity contribution in [3.63, 3.8) is 0 Å². The Bertz CT molecular complexity index is 1190. The van der Waals surface area contributed by atoms with Crippen molar-refractivity contribution < 1.29 is 9.13 Å². The van der Waals surface area contributed by atoms with Crippen LogP contribution < -0.4 is 9.64 Å². The van der Waals surface area contributed by atoms with Crippen molar-refractivity contribution >= 4 is 11.6 Å². The predicted molar refractivity (Wildman–Crippen MR) is 117 cm³/mol. The molecule has 0 bridgehead atoms. The molecular formula is C23H23FN6O. The van der Waals surface area contributed by atoms with Crippen LogP contribution in [0.3, 0.4) is 0 Å². The summed E-state index contributed by atoms with van der Waals surface area (Å²) in [6.45, 7) is 4.12. The normalized spacial score (nSPS) is 14.8. The van der Waals surface area contributed by atoms with E-state index < -0.39 is 0 Å². The highest BCUT2D eigenvalue weighted by Gasteiger charge is 2.21. The van der Waals surface area contributed by atoms with E-state index in [1.807, 2.05) is 36.4 Å². The summed E-state index contributed by atoms with van der Waals surface area (Å²) in [7, 11) is 1.48. The zero-order chi connectivity index (χ0) is 21.2. The van der Waals surface area contributed by atoms with Crippen molar-refractivity contribution in [3.05, 3.63) is 72.3 Å². The smallest absolute Gasteiger partial charge is 0.254 e. The first-order chi connectivity index (χ1) is 15.2. The van der Waals surface area contributed by atoms with Gasteiger partial charge in [-0.2, -0.15) is 14.6 Å². The number of rotatable bonds is 5. The summed E-state index contributed by atoms with van der Waals surface area (Å²) in [4.78, 5) is 13.6. The summed E-state index contributed by atoms with van der Waals surface area (Å²) in [5.74, 6) is 1.53. The number of methoxy groups -OCH3 is 1. The maximum Gasteiger partial charge on any atom is 0.254 e. The summed E-state index contributed by atoms with van der Waals surface area (Å²) in [5, 5.41) is 4.38. The zero-order valence-corrected chi connectivity index (χ0v) is 17.3. The first-order valence-electron chi connectivity index (χ1n) is 10.3. The second kappa shape index (κ2) is 8.31. The molecule has 3 heterocycles. The van der Waals surface area contributed by atoms with Gasteiger partial charge in [-0.1, -0.05) is 36.4 Å². The molecule has 1 saturated heterocycles. The molecule has 31 heavy (non-hydrogen) atoms. The first-order valence-corrected chi connectivity index (χ1v) is 10.3. The molecule has 4 aromatic rings. The highest BCUT2D eigenvalue weighted by Crippen LogP contribution is 2.25. The van der Waals surface area contributed by atoms with Crippen LogP contribution in [0.1, 0.15) is 5.56 Å². The molecule has 5 rings (SSSR count). The molecule has 0 radical (unpaired) electrons. The molecule has 2 aromatic carbocycles. The van der Waals surface area contributed by atoms with E-state index in [9.17, 15) is 4.39 Å². The lowest BCUT2D eigenvalue weighted by atomic mass is 10.1. The van der Waals surface area contributed by atoms with Crippen molar-refractivity contribution in [2.45, 2.75) is 6.54 Å². The third-order valence-electron chi connectivity index (χ3n) is 5.62. The lowest BCUT2D eigenvalue weighted by molar-refractivity contribution is 0.248. The monoisotopic (exact) mass is 418 g/mol. The Hall–Kier alpha value is -3.52. The van der Waals surface area contributed by atoms with E-state index in [0.29, 0.717) is 12.3 Å². The number of halogens is 1. The number of fused-ring (bicyclic) bond motifs is 1. The molecule has 0 amide bonds. The Kier molecular flexibility index (Phi) is 5.21. The summed E-state index contributed by atoms with van der Waals surface area (Å²) in [5.41, 5.74) is 2.88. The van der Waals surface area contributed by atoms with Crippen LogP contribution in [-0.2, 0) is 6.54 Å². The molecule has 1 aliphatic heterocycles. The van der Waals surface area contributed by atoms with E-state index in [4.69, 9.17) is 4.74 Å². The van der Waals surface area contributed by atoms with Gasteiger partial charge in [-0.25, -0.2) is 9.37 Å². The molecule has 0 unspecified atom stereocenters. The van der Waals surface area contributed by atoms with Gasteiger partial charge in [-0.05, 0) is 17.7 Å². The summed E-state index contributed by atoms with van der Waals surface area (Å²) < 4.78 is 20.8. The Balaban J connectivity index is 1.33. The number of aromatic nitrogens is 4. The second-order valence-electron chi connectivity index (χ2n) is 7.57. The number of benzene rings is 2. The van der Waals surface area contributed by atoms with Gasteiger partial charge in [0.25, 0.3) is 5.78 Å². The van der Waals surface area contributed by atoms with Crippen LogP contribution in [0.25, 0.3) is 17.0 Å². The topological polar surface area (TPSA) is 58.8 Å². The standard InChI is InChI=1S/C23H23FN6O/c1-31-21-8-7-17(13-19(21)24)15-28-9-11-29(12-10-28)22-14-20(18-5-3-2-4-6-18)27-23-25-16-26-30(22)23/h2-8,13-14,16H,9-12,15H2,1H3. The Morgan fingerprint density at radius 1 is 1.00 bits per heavy atom. The molecule has 0 N–H and O–H groups in total. The highest BCUT2D eigenvalue weighted by atomic mass is 19.1. The lowest BCUT2D eigenvalue weighted by Gasteiger charge is -2.36. The molecule has 0 spiro atoms. The Labute approximate surface area is 179 Å². The fraction of sp³-hybridized carbons (Fsp3) is 0.261. The minimum absolute atomic E-state index is 0.275. The highest BCUT2D eigenvalue weighted by molar-refractivity contribution is 5.65. The maximum atomic E-state index is 14.0. The fourth-order valence-corrected chi connectivity index (χ4v) is 3.98. The maximum absolute atomic E-state index is 14.0. The molecule has 8 heteroatoms. The van der Waals surface area contributed by atoms with Crippen LogP contribution in [0, 0.1) is 5.82 Å². The second-order valence-corrected chi connectivity index (χ2v) is 7.57. The van der Waals surface area contributed by atoms with Gasteiger partial charge in [0.1, 0.15) is 12.1 Å². The number of nitrogens with zero attached hydrogens (tertiary/aromatic N) is 6. The molecule has 7 nitrogen and oxygen atoms in total. The van der Waals surface area contributed by atoms with Gasteiger partial charge < -0.3 is 9.64 Å². The van der Waals surface area contributed by atoms with Gasteiger partial charge in [0, 0.05) is 44.4 Å². The third kappa shape index (κ3) is 3.94. The van der Waals surface area contributed by atoms with Crippen LogP contribution in [-0.4, -0.2) is 57.8 Å². The molecule has 1 fully saturated rings. The van der Waals surface area contributed by atoms with Crippen LogP contribution in [0.15, 0.2) is 60.9 Å². The molecule has 2 aromatic heterocycles. The van der Waals surface area contributed by atoms with Crippen LogP contribution in [0.2, 0.25) is 0 Å². The van der Waals surface area contributed by atoms with Gasteiger partial charge >= 0.3 is 0 Å². The van der Waals surface area contributed by atoms with Crippen molar-refractivity contribution in [1.29, 1.82) is 0 Å². The van der Waals surface area contributed by atoms with E-state index in [0.717, 1.165) is 48.8 Å². The molecule has 0 atom stereocenters. The number of hydrogen-bond donors (Lipinski definition) is 0. The largest absolute Gasteiger partial charge is 0.494 e. The molecule has 1 aliphatic rings. The molecular weight excluding hydrogens is 395 g/mol. The molecule has 158 valence electrons. The minimum atomic E-state index is -0.322. The van der Waals surface area contributed by atoms with Crippen molar-refractivity contribution in [1.82, 2.24) is 24.5 Å². The first kappa shape index (κ1) is 19.4. The van der Waals surface area contributed by atoms with Crippen molar-refractivity contribution in [2.75, 3.05) is 38.2 Å². The third-order valence-corrected chi connectivity index (χ3v) is 5.62. The average molecular weight is 418 g/mol. The van der Waals surface area contributed by atoms with Crippen molar-refractivity contribution in [3.8, 4) is 17.0 Å². The van der Waals surface area contributed by atoms with Crippen LogP contribution in [0.5, 0.6) is 5.75 Å². The molecule has 0 aliphatic carbocycles. The van der Waals surface area contributed by atoms with E-state index in [-0.39, 0.29) is 11.6 Å². The fourth-order valence-electron chi connectivity index (χ4n) is 3.98. The predicted octanol–water partition coefficient (Wildman–Crippen LogP) is 3.26. The number of ether oxygens (including phenoxy) is 1. The number of piperazine rings is 1. The quantitative estimate of drug-likeness (QED) is 0.496. The number of anilines is 1. The lowest BCUT2D eigenvalue weighted by Crippen LogP contribution is -2.46.